The third kappa shape index (κ3) is 3.45. The van der Waals surface area contributed by atoms with Crippen molar-refractivity contribution < 1.29 is 9.90 Å². The number of aromatic nitrogens is 2. The lowest BCUT2D eigenvalue weighted by molar-refractivity contribution is 0.0937. The summed E-state index contributed by atoms with van der Waals surface area (Å²) in [6, 6.07) is 11.1. The molecule has 20 heavy (non-hydrogen) atoms. The molecule has 1 aromatic carbocycles. The Labute approximate surface area is 118 Å². The van der Waals surface area contributed by atoms with Crippen LogP contribution in [0.15, 0.2) is 36.4 Å². The summed E-state index contributed by atoms with van der Waals surface area (Å²) in [4.78, 5) is 11.9. The fourth-order valence-electron chi connectivity index (χ4n) is 1.93. The Morgan fingerprint density at radius 1 is 1.40 bits per heavy atom. The number of rotatable bonds is 5. The summed E-state index contributed by atoms with van der Waals surface area (Å²) in [5.41, 5.74) is 2.19. The summed E-state index contributed by atoms with van der Waals surface area (Å²) in [6.07, 6.45) is -0.0938. The molecule has 106 valence electrons. The number of carbonyl (C=O) groups excluding carboxylic acids is 1. The molecule has 1 amide bonds. The lowest BCUT2D eigenvalue weighted by Gasteiger charge is -2.11. The van der Waals surface area contributed by atoms with Crippen molar-refractivity contribution >= 4 is 5.91 Å². The van der Waals surface area contributed by atoms with Gasteiger partial charge in [0, 0.05) is 19.3 Å². The Morgan fingerprint density at radius 3 is 2.70 bits per heavy atom. The summed E-state index contributed by atoms with van der Waals surface area (Å²) in [5.74, 6) is -0.214. The fourth-order valence-corrected chi connectivity index (χ4v) is 1.93. The number of hydrogen-bond donors (Lipinski definition) is 2. The first-order valence-corrected chi connectivity index (χ1v) is 6.60. The molecule has 2 N–H and O–H groups in total. The number of aryl methyl sites for hydroxylation is 2. The second-order valence-corrected chi connectivity index (χ2v) is 4.77. The van der Waals surface area contributed by atoms with E-state index < -0.39 is 6.10 Å². The third-order valence-electron chi connectivity index (χ3n) is 3.23. The molecule has 0 saturated heterocycles. The van der Waals surface area contributed by atoms with E-state index in [1.807, 2.05) is 37.3 Å². The zero-order chi connectivity index (χ0) is 14.5. The average Bonchev–Trinajstić information content (AvgIpc) is 2.79. The third-order valence-corrected chi connectivity index (χ3v) is 3.23. The molecule has 2 rings (SSSR count). The number of carbonyl (C=O) groups is 1. The van der Waals surface area contributed by atoms with E-state index >= 15 is 0 Å². The average molecular weight is 273 g/mol. The van der Waals surface area contributed by atoms with Crippen LogP contribution in [0.1, 0.15) is 34.3 Å². The minimum absolute atomic E-state index is 0.214. The number of nitrogens with one attached hydrogen (secondary N) is 1. The molecule has 0 spiro atoms. The number of benzene rings is 1. The quantitative estimate of drug-likeness (QED) is 0.869. The van der Waals surface area contributed by atoms with Crippen LogP contribution in [0.2, 0.25) is 0 Å². The molecule has 1 atom stereocenters. The standard InChI is InChI=1S/C15H19N3O2/c1-11-10-13(17-18(11)2)15(20)16-9-8-14(19)12-6-4-3-5-7-12/h3-7,10,14,19H,8-9H2,1-2H3,(H,16,20). The van der Waals surface area contributed by atoms with Gasteiger partial charge in [-0.3, -0.25) is 9.48 Å². The van der Waals surface area contributed by atoms with Gasteiger partial charge in [0.1, 0.15) is 5.69 Å². The van der Waals surface area contributed by atoms with Crippen LogP contribution in [0, 0.1) is 6.92 Å². The van der Waals surface area contributed by atoms with Gasteiger partial charge in [-0.1, -0.05) is 30.3 Å². The van der Waals surface area contributed by atoms with E-state index in [-0.39, 0.29) is 5.91 Å². The van der Waals surface area contributed by atoms with Crippen molar-refractivity contribution in [3.8, 4) is 0 Å². The summed E-state index contributed by atoms with van der Waals surface area (Å²) in [5, 5.41) is 16.9. The van der Waals surface area contributed by atoms with Gasteiger partial charge in [-0.15, -0.1) is 0 Å². The molecular formula is C15H19N3O2. The zero-order valence-electron chi connectivity index (χ0n) is 11.7. The van der Waals surface area contributed by atoms with Gasteiger partial charge in [-0.25, -0.2) is 0 Å². The van der Waals surface area contributed by atoms with Gasteiger partial charge in [0.15, 0.2) is 0 Å². The Kier molecular flexibility index (Phi) is 4.53. The van der Waals surface area contributed by atoms with Crippen molar-refractivity contribution in [1.29, 1.82) is 0 Å². The lowest BCUT2D eigenvalue weighted by atomic mass is 10.1. The molecule has 1 aromatic heterocycles. The van der Waals surface area contributed by atoms with Crippen molar-refractivity contribution in [3.63, 3.8) is 0 Å². The summed E-state index contributed by atoms with van der Waals surface area (Å²) in [6.45, 7) is 2.30. The molecule has 5 heteroatoms. The van der Waals surface area contributed by atoms with Gasteiger partial charge < -0.3 is 10.4 Å². The molecule has 5 nitrogen and oxygen atoms in total. The van der Waals surface area contributed by atoms with Gasteiger partial charge >= 0.3 is 0 Å². The number of aliphatic hydroxyl groups excluding tert-OH is 1. The maximum atomic E-state index is 11.9. The second kappa shape index (κ2) is 6.34. The van der Waals surface area contributed by atoms with Crippen LogP contribution >= 0.6 is 0 Å². The largest absolute Gasteiger partial charge is 0.388 e. The minimum Gasteiger partial charge on any atom is -0.388 e. The number of nitrogens with zero attached hydrogens (tertiary/aromatic N) is 2. The van der Waals surface area contributed by atoms with E-state index in [0.29, 0.717) is 18.7 Å². The lowest BCUT2D eigenvalue weighted by Crippen LogP contribution is -2.26. The summed E-state index contributed by atoms with van der Waals surface area (Å²) < 4.78 is 1.66. The van der Waals surface area contributed by atoms with Crippen molar-refractivity contribution in [2.24, 2.45) is 7.05 Å². The van der Waals surface area contributed by atoms with E-state index in [2.05, 4.69) is 10.4 Å². The van der Waals surface area contributed by atoms with E-state index in [1.165, 1.54) is 0 Å². The van der Waals surface area contributed by atoms with Gasteiger partial charge in [0.2, 0.25) is 0 Å². The highest BCUT2D eigenvalue weighted by atomic mass is 16.3. The van der Waals surface area contributed by atoms with E-state index in [9.17, 15) is 9.90 Å². The van der Waals surface area contributed by atoms with Crippen LogP contribution in [-0.4, -0.2) is 27.3 Å². The van der Waals surface area contributed by atoms with Gasteiger partial charge in [-0.2, -0.15) is 5.10 Å². The number of hydrogen-bond acceptors (Lipinski definition) is 3. The van der Waals surface area contributed by atoms with Crippen LogP contribution < -0.4 is 5.32 Å². The SMILES string of the molecule is Cc1cc(C(=O)NCCC(O)c2ccccc2)nn1C. The predicted molar refractivity (Wildman–Crippen MR) is 76.3 cm³/mol. The molecule has 0 aliphatic heterocycles. The zero-order valence-corrected chi connectivity index (χ0v) is 11.7. The Bertz CT molecular complexity index is 559. The van der Waals surface area contributed by atoms with Crippen molar-refractivity contribution in [2.75, 3.05) is 6.54 Å². The fraction of sp³-hybridized carbons (Fsp3) is 0.333. The van der Waals surface area contributed by atoms with Crippen LogP contribution in [-0.2, 0) is 7.05 Å². The highest BCUT2D eigenvalue weighted by Gasteiger charge is 2.12. The molecule has 0 saturated carbocycles. The first kappa shape index (κ1) is 14.3. The van der Waals surface area contributed by atoms with E-state index in [4.69, 9.17) is 0 Å². The minimum atomic E-state index is -0.568. The second-order valence-electron chi connectivity index (χ2n) is 4.77. The molecule has 1 heterocycles. The van der Waals surface area contributed by atoms with Crippen LogP contribution in [0.5, 0.6) is 0 Å². The summed E-state index contributed by atoms with van der Waals surface area (Å²) >= 11 is 0. The molecule has 0 aliphatic carbocycles. The molecule has 0 fully saturated rings. The molecule has 0 radical (unpaired) electrons. The normalized spacial score (nSPS) is 12.2. The topological polar surface area (TPSA) is 67.2 Å². The van der Waals surface area contributed by atoms with Gasteiger partial charge in [0.05, 0.1) is 6.10 Å². The Balaban J connectivity index is 1.82. The first-order valence-electron chi connectivity index (χ1n) is 6.60. The van der Waals surface area contributed by atoms with Crippen LogP contribution in [0.3, 0.4) is 0 Å². The molecule has 1 unspecified atom stereocenters. The number of amides is 1. The number of aliphatic hydroxyl groups is 1. The van der Waals surface area contributed by atoms with Crippen molar-refractivity contribution in [1.82, 2.24) is 15.1 Å². The van der Waals surface area contributed by atoms with E-state index in [1.54, 1.807) is 17.8 Å². The molecule has 0 aliphatic rings. The predicted octanol–water partition coefficient (Wildman–Crippen LogP) is 1.58. The summed E-state index contributed by atoms with van der Waals surface area (Å²) in [7, 11) is 1.80. The van der Waals surface area contributed by atoms with Crippen LogP contribution in [0.4, 0.5) is 0 Å². The maximum Gasteiger partial charge on any atom is 0.271 e. The Morgan fingerprint density at radius 2 is 2.10 bits per heavy atom. The van der Waals surface area contributed by atoms with Crippen molar-refractivity contribution in [2.45, 2.75) is 19.4 Å². The van der Waals surface area contributed by atoms with Gasteiger partial charge in [-0.05, 0) is 25.0 Å². The monoisotopic (exact) mass is 273 g/mol. The molecular weight excluding hydrogens is 254 g/mol. The smallest absolute Gasteiger partial charge is 0.271 e. The first-order chi connectivity index (χ1) is 9.58. The van der Waals surface area contributed by atoms with Crippen molar-refractivity contribution in [3.05, 3.63) is 53.3 Å². The highest BCUT2D eigenvalue weighted by molar-refractivity contribution is 5.92. The molecule has 2 aromatic rings. The van der Waals surface area contributed by atoms with Gasteiger partial charge in [0.25, 0.3) is 5.91 Å². The van der Waals surface area contributed by atoms with E-state index in [0.717, 1.165) is 11.3 Å². The molecule has 0 bridgehead atoms. The Hall–Kier alpha value is -2.14. The van der Waals surface area contributed by atoms with Crippen LogP contribution in [0.25, 0.3) is 0 Å². The highest BCUT2D eigenvalue weighted by Crippen LogP contribution is 2.14. The maximum absolute atomic E-state index is 11.9.